The van der Waals surface area contributed by atoms with Gasteiger partial charge in [0.25, 0.3) is 12.1 Å². The molecule has 6 aromatic rings. The van der Waals surface area contributed by atoms with E-state index in [1.54, 1.807) is 10.9 Å². The average Bonchev–Trinajstić information content (AvgIpc) is 3.63. The molecule has 11 heteroatoms. The first kappa shape index (κ1) is 25.2. The van der Waals surface area contributed by atoms with Gasteiger partial charge in [-0.2, -0.15) is 13.2 Å². The number of anilines is 2. The molecule has 41 heavy (non-hydrogen) atoms. The van der Waals surface area contributed by atoms with Gasteiger partial charge in [-0.05, 0) is 44.8 Å². The molecule has 0 aliphatic heterocycles. The summed E-state index contributed by atoms with van der Waals surface area (Å²) in [6.07, 6.45) is -0.828. The Morgan fingerprint density at radius 1 is 1.02 bits per heavy atom. The number of benzene rings is 3. The van der Waals surface area contributed by atoms with E-state index in [2.05, 4.69) is 10.6 Å². The third-order valence-corrected chi connectivity index (χ3v) is 8.23. The lowest BCUT2D eigenvalue weighted by Crippen LogP contribution is -2.32. The highest BCUT2D eigenvalue weighted by atomic mass is 32.1. The lowest BCUT2D eigenvalue weighted by atomic mass is 9.96. The average molecular weight is 573 g/mol. The minimum atomic E-state index is -4.47. The molecule has 1 amide bonds. The van der Waals surface area contributed by atoms with Crippen molar-refractivity contribution < 1.29 is 27.2 Å². The van der Waals surface area contributed by atoms with Crippen molar-refractivity contribution in [1.82, 2.24) is 10.3 Å². The van der Waals surface area contributed by atoms with E-state index >= 15 is 0 Å². The van der Waals surface area contributed by atoms with Gasteiger partial charge in [-0.3, -0.25) is 14.6 Å². The van der Waals surface area contributed by atoms with Crippen LogP contribution in [0.4, 0.5) is 24.7 Å². The first-order valence-corrected chi connectivity index (χ1v) is 13.7. The number of carbonyl (C=O) groups is 1. The number of fused-ring (bicyclic) bond motifs is 2. The van der Waals surface area contributed by atoms with Gasteiger partial charge in [-0.15, -0.1) is 11.3 Å². The van der Waals surface area contributed by atoms with E-state index in [0.29, 0.717) is 27.0 Å². The second kappa shape index (κ2) is 9.41. The molecule has 1 saturated carbocycles. The maximum Gasteiger partial charge on any atom is 0.416 e. The second-order valence-corrected chi connectivity index (χ2v) is 10.9. The van der Waals surface area contributed by atoms with Crippen molar-refractivity contribution >= 4 is 49.8 Å². The lowest BCUT2D eigenvalue weighted by molar-refractivity contribution is -0.765. The number of nitrogens with two attached hydrogens (primary N) is 1. The number of alkyl halides is 3. The van der Waals surface area contributed by atoms with Gasteiger partial charge in [0.15, 0.2) is 6.04 Å². The molecule has 7 nitrogen and oxygen atoms in total. The number of nitrogens with one attached hydrogen (secondary N) is 1. The van der Waals surface area contributed by atoms with Crippen molar-refractivity contribution in [3.8, 4) is 22.4 Å². The van der Waals surface area contributed by atoms with Crippen LogP contribution in [0.3, 0.4) is 0 Å². The van der Waals surface area contributed by atoms with Crippen molar-refractivity contribution in [2.45, 2.75) is 25.1 Å². The Kier molecular flexibility index (Phi) is 5.79. The fourth-order valence-electron chi connectivity index (χ4n) is 4.94. The van der Waals surface area contributed by atoms with Crippen LogP contribution < -0.4 is 15.7 Å². The van der Waals surface area contributed by atoms with Crippen molar-refractivity contribution in [3.05, 3.63) is 89.4 Å². The monoisotopic (exact) mass is 572 g/mol. The highest BCUT2D eigenvalue weighted by Gasteiger charge is 2.36. The molecular weight excluding hydrogens is 551 g/mol. The van der Waals surface area contributed by atoms with E-state index < -0.39 is 17.6 Å². The molecule has 1 aliphatic rings. The highest BCUT2D eigenvalue weighted by molar-refractivity contribution is 7.21. The zero-order chi connectivity index (χ0) is 28.3. The van der Waals surface area contributed by atoms with Crippen LogP contribution in [0.15, 0.2) is 83.5 Å². The predicted octanol–water partition coefficient (Wildman–Crippen LogP) is 7.25. The Bertz CT molecular complexity index is 1950. The molecule has 0 unspecified atom stereocenters. The smallest absolute Gasteiger partial charge is 0.397 e. The first-order chi connectivity index (χ1) is 19.8. The molecule has 0 spiro atoms. The van der Waals surface area contributed by atoms with E-state index in [1.807, 2.05) is 48.5 Å². The summed E-state index contributed by atoms with van der Waals surface area (Å²) in [7, 11) is 0. The van der Waals surface area contributed by atoms with Crippen LogP contribution in [-0.2, 0) is 6.18 Å². The van der Waals surface area contributed by atoms with Crippen LogP contribution in [0.1, 0.15) is 34.1 Å². The summed E-state index contributed by atoms with van der Waals surface area (Å²) >= 11 is 1.11. The van der Waals surface area contributed by atoms with Gasteiger partial charge >= 0.3 is 12.1 Å². The number of amides is 1. The van der Waals surface area contributed by atoms with Crippen LogP contribution in [0.5, 0.6) is 0 Å². The summed E-state index contributed by atoms with van der Waals surface area (Å²) in [5, 5.41) is 9.13. The van der Waals surface area contributed by atoms with Crippen molar-refractivity contribution in [2.24, 2.45) is 0 Å². The van der Waals surface area contributed by atoms with Crippen molar-refractivity contribution in [2.75, 3.05) is 11.1 Å². The third kappa shape index (κ3) is 4.57. The van der Waals surface area contributed by atoms with E-state index in [-0.39, 0.29) is 22.5 Å². The van der Waals surface area contributed by atoms with Crippen LogP contribution in [0.2, 0.25) is 0 Å². The van der Waals surface area contributed by atoms with Crippen LogP contribution in [0.25, 0.3) is 43.4 Å². The molecule has 0 atom stereocenters. The summed E-state index contributed by atoms with van der Waals surface area (Å²) in [6.45, 7) is 0. The third-order valence-electron chi connectivity index (χ3n) is 7.13. The van der Waals surface area contributed by atoms with Gasteiger partial charge in [-0.25, -0.2) is 4.98 Å². The number of nitrogens with zero attached hydrogens (tertiary/aromatic N) is 3. The Hall–Kier alpha value is -4.77. The number of pyridine rings is 1. The first-order valence-electron chi connectivity index (χ1n) is 12.8. The normalized spacial score (nSPS) is 13.6. The minimum Gasteiger partial charge on any atom is -0.397 e. The van der Waals surface area contributed by atoms with E-state index in [4.69, 9.17) is 15.2 Å². The number of rotatable bonds is 5. The fourth-order valence-corrected chi connectivity index (χ4v) is 5.95. The molecule has 0 bridgehead atoms. The fraction of sp³-hybridized carbons (Fsp3) is 0.133. The Labute approximate surface area is 235 Å². The zero-order valence-electron chi connectivity index (χ0n) is 21.3. The summed E-state index contributed by atoms with van der Waals surface area (Å²) < 4.78 is 46.9. The quantitative estimate of drug-likeness (QED) is 0.212. The molecule has 1 fully saturated rings. The van der Waals surface area contributed by atoms with Crippen LogP contribution in [0, 0.1) is 0 Å². The van der Waals surface area contributed by atoms with Crippen LogP contribution in [-0.4, -0.2) is 16.2 Å². The molecule has 204 valence electrons. The largest absolute Gasteiger partial charge is 0.416 e. The molecule has 3 heterocycles. The summed E-state index contributed by atoms with van der Waals surface area (Å²) in [6, 6.07) is 20.7. The SMILES string of the molecule is Nc1c(C(=O)Nc2c[n+](C3CC3)no2)sc2nc(-c3cccc4ccccc34)cc(-c3ccc(C(F)(F)F)cc3)c12. The van der Waals surface area contributed by atoms with Gasteiger partial charge in [0, 0.05) is 23.8 Å². The Balaban J connectivity index is 1.38. The number of thiophene rings is 1. The number of carbonyl (C=O) groups excluding carboxylic acids is 1. The summed E-state index contributed by atoms with van der Waals surface area (Å²) in [5.74, 6) is -0.305. The molecular formula is C30H21F3N5O2S+. The minimum absolute atomic E-state index is 0.184. The van der Waals surface area contributed by atoms with Gasteiger partial charge in [0.05, 0.1) is 16.9 Å². The molecule has 0 radical (unpaired) electrons. The number of halogens is 3. The van der Waals surface area contributed by atoms with Gasteiger partial charge in [0.1, 0.15) is 9.71 Å². The Morgan fingerprint density at radius 3 is 2.54 bits per heavy atom. The van der Waals surface area contributed by atoms with Crippen molar-refractivity contribution in [3.63, 3.8) is 0 Å². The molecule has 0 saturated heterocycles. The second-order valence-electron chi connectivity index (χ2n) is 9.91. The number of nitrogen functional groups attached to an aromatic ring is 1. The molecule has 3 N–H and O–H groups in total. The maximum atomic E-state index is 13.3. The summed E-state index contributed by atoms with van der Waals surface area (Å²) in [5.41, 5.74) is 8.53. The number of hydrogen-bond acceptors (Lipinski definition) is 6. The zero-order valence-corrected chi connectivity index (χ0v) is 22.1. The topological polar surface area (TPSA) is 97.9 Å². The predicted molar refractivity (Wildman–Crippen MR) is 150 cm³/mol. The van der Waals surface area contributed by atoms with Gasteiger partial charge in [-0.1, -0.05) is 54.6 Å². The van der Waals surface area contributed by atoms with Crippen LogP contribution >= 0.6 is 11.3 Å². The molecule has 7 rings (SSSR count). The van der Waals surface area contributed by atoms with Gasteiger partial charge in [0.2, 0.25) is 5.27 Å². The Morgan fingerprint density at radius 2 is 1.78 bits per heavy atom. The maximum absolute atomic E-state index is 13.3. The van der Waals surface area contributed by atoms with E-state index in [0.717, 1.165) is 52.6 Å². The summed E-state index contributed by atoms with van der Waals surface area (Å²) in [4.78, 5) is 18.9. The number of hydrogen-bond donors (Lipinski definition) is 2. The standard InChI is InChI=1S/C30H20F3N5O2S/c31-30(32,33)18-10-8-17(9-11-18)22-14-23(21-7-3-5-16-4-1-2-6-20(16)21)35-29-25(22)26(34)27(41-29)28(39)36-24-15-38(37-40-24)19-12-13-19/h1-11,14-15,19H,12-13H2,(H2-,34,36,37,39)/p+1. The molecule has 1 aliphatic carbocycles. The van der Waals surface area contributed by atoms with E-state index in [1.165, 1.54) is 12.1 Å². The van der Waals surface area contributed by atoms with E-state index in [9.17, 15) is 18.0 Å². The highest BCUT2D eigenvalue weighted by Crippen LogP contribution is 2.43. The number of aromatic nitrogens is 3. The molecule has 3 aromatic carbocycles. The molecule has 3 aromatic heterocycles. The van der Waals surface area contributed by atoms with Gasteiger partial charge < -0.3 is 5.73 Å². The van der Waals surface area contributed by atoms with Crippen molar-refractivity contribution in [1.29, 1.82) is 0 Å². The lowest BCUT2D eigenvalue weighted by Gasteiger charge is -2.12.